The number of aromatic nitrogens is 1. The molecule has 3 rings (SSSR count). The second-order valence-corrected chi connectivity index (χ2v) is 8.44. The van der Waals surface area contributed by atoms with Crippen molar-refractivity contribution in [3.63, 3.8) is 0 Å². The number of nitrogens with one attached hydrogen (secondary N) is 1. The van der Waals surface area contributed by atoms with Crippen LogP contribution in [0.25, 0.3) is 0 Å². The van der Waals surface area contributed by atoms with Crippen LogP contribution in [-0.4, -0.2) is 16.1 Å². The molecule has 0 atom stereocenters. The molecular formula is C20H16I2N4O3. The summed E-state index contributed by atoms with van der Waals surface area (Å²) in [5, 5.41) is 14.8. The first kappa shape index (κ1) is 21.4. The second kappa shape index (κ2) is 9.96. The number of halogens is 2. The van der Waals surface area contributed by atoms with Crippen molar-refractivity contribution < 1.29 is 9.66 Å². The molecule has 0 radical (unpaired) electrons. The Morgan fingerprint density at radius 2 is 1.97 bits per heavy atom. The molecule has 0 saturated heterocycles. The summed E-state index contributed by atoms with van der Waals surface area (Å²) in [6, 6.07) is 15.1. The smallest absolute Gasteiger partial charge is 0.287 e. The summed E-state index contributed by atoms with van der Waals surface area (Å²) < 4.78 is 7.99. The normalized spacial score (nSPS) is 10.9. The van der Waals surface area contributed by atoms with E-state index in [0.29, 0.717) is 12.4 Å². The van der Waals surface area contributed by atoms with Crippen molar-refractivity contribution >= 4 is 62.9 Å². The summed E-state index contributed by atoms with van der Waals surface area (Å²) in [7, 11) is 0. The Bertz CT molecular complexity index is 1030. The third kappa shape index (κ3) is 6.10. The van der Waals surface area contributed by atoms with Gasteiger partial charge in [-0.1, -0.05) is 29.8 Å². The number of hydrogen-bond acceptors (Lipinski definition) is 6. The number of nitro groups is 1. The lowest BCUT2D eigenvalue weighted by molar-refractivity contribution is -0.385. The number of anilines is 1. The minimum Gasteiger partial charge on any atom is -0.487 e. The van der Waals surface area contributed by atoms with Gasteiger partial charge in [0.2, 0.25) is 0 Å². The van der Waals surface area contributed by atoms with Crippen LogP contribution in [0.15, 0.2) is 59.8 Å². The first-order valence-corrected chi connectivity index (χ1v) is 10.6. The van der Waals surface area contributed by atoms with E-state index in [4.69, 9.17) is 4.74 Å². The van der Waals surface area contributed by atoms with Gasteiger partial charge in [-0.15, -0.1) is 0 Å². The van der Waals surface area contributed by atoms with E-state index in [1.807, 2.05) is 24.3 Å². The second-order valence-electron chi connectivity index (χ2n) is 6.12. The first-order chi connectivity index (χ1) is 13.9. The molecule has 0 aliphatic carbocycles. The summed E-state index contributed by atoms with van der Waals surface area (Å²) in [4.78, 5) is 14.1. The van der Waals surface area contributed by atoms with E-state index in [2.05, 4.69) is 79.7 Å². The molecule has 1 heterocycles. The Kier molecular flexibility index (Phi) is 7.36. The molecule has 0 amide bonds. The van der Waals surface area contributed by atoms with Crippen molar-refractivity contribution in [2.24, 2.45) is 5.10 Å². The van der Waals surface area contributed by atoms with Crippen LogP contribution in [0.3, 0.4) is 0 Å². The quantitative estimate of drug-likeness (QED) is 0.164. The minimum atomic E-state index is -0.494. The van der Waals surface area contributed by atoms with Gasteiger partial charge in [-0.25, -0.2) is 4.98 Å². The van der Waals surface area contributed by atoms with Gasteiger partial charge in [-0.2, -0.15) is 5.10 Å². The molecule has 148 valence electrons. The number of aryl methyl sites for hydroxylation is 1. The lowest BCUT2D eigenvalue weighted by Gasteiger charge is -2.12. The third-order valence-electron chi connectivity index (χ3n) is 3.84. The highest BCUT2D eigenvalue weighted by atomic mass is 127. The van der Waals surface area contributed by atoms with Gasteiger partial charge in [-0.05, 0) is 81.4 Å². The number of rotatable bonds is 7. The van der Waals surface area contributed by atoms with Gasteiger partial charge in [0.05, 0.1) is 18.3 Å². The molecule has 29 heavy (non-hydrogen) atoms. The monoisotopic (exact) mass is 614 g/mol. The summed E-state index contributed by atoms with van der Waals surface area (Å²) in [5.41, 5.74) is 5.93. The summed E-state index contributed by atoms with van der Waals surface area (Å²) in [5.74, 6) is 1.27. The molecule has 7 nitrogen and oxygen atoms in total. The van der Waals surface area contributed by atoms with Gasteiger partial charge < -0.3 is 4.74 Å². The fourth-order valence-electron chi connectivity index (χ4n) is 2.48. The highest BCUT2D eigenvalue weighted by molar-refractivity contribution is 14.1. The fourth-order valence-corrected chi connectivity index (χ4v) is 4.61. The Hall–Kier alpha value is -2.28. The van der Waals surface area contributed by atoms with Gasteiger partial charge >= 0.3 is 0 Å². The molecule has 0 spiro atoms. The van der Waals surface area contributed by atoms with Crippen molar-refractivity contribution in [1.29, 1.82) is 0 Å². The zero-order valence-electron chi connectivity index (χ0n) is 15.3. The van der Waals surface area contributed by atoms with Gasteiger partial charge in [-0.3, -0.25) is 15.5 Å². The third-order valence-corrected chi connectivity index (χ3v) is 5.44. The molecule has 9 heteroatoms. The van der Waals surface area contributed by atoms with Crippen molar-refractivity contribution in [3.05, 3.63) is 88.7 Å². The number of hydrazone groups is 1. The van der Waals surface area contributed by atoms with E-state index in [1.165, 1.54) is 23.9 Å². The van der Waals surface area contributed by atoms with E-state index in [0.717, 1.165) is 24.0 Å². The van der Waals surface area contributed by atoms with Crippen molar-refractivity contribution in [2.45, 2.75) is 13.5 Å². The minimum absolute atomic E-state index is 0.0649. The van der Waals surface area contributed by atoms with Crippen LogP contribution in [0.4, 0.5) is 11.5 Å². The first-order valence-electron chi connectivity index (χ1n) is 8.49. The molecule has 1 N–H and O–H groups in total. The summed E-state index contributed by atoms with van der Waals surface area (Å²) >= 11 is 4.49. The van der Waals surface area contributed by atoms with Gasteiger partial charge in [0.15, 0.2) is 0 Å². The lowest BCUT2D eigenvalue weighted by Crippen LogP contribution is -2.01. The lowest BCUT2D eigenvalue weighted by atomic mass is 10.1. The number of nitrogens with zero attached hydrogens (tertiary/aromatic N) is 3. The molecule has 3 aromatic rings. The Morgan fingerprint density at radius 3 is 2.59 bits per heavy atom. The predicted octanol–water partition coefficient (Wildman–Crippen LogP) is 5.53. The van der Waals surface area contributed by atoms with Crippen LogP contribution in [0, 0.1) is 24.2 Å². The van der Waals surface area contributed by atoms with Crippen LogP contribution >= 0.6 is 45.2 Å². The largest absolute Gasteiger partial charge is 0.487 e. The Morgan fingerprint density at radius 1 is 1.21 bits per heavy atom. The van der Waals surface area contributed by atoms with E-state index in [9.17, 15) is 10.1 Å². The summed E-state index contributed by atoms with van der Waals surface area (Å²) in [6.07, 6.45) is 2.85. The van der Waals surface area contributed by atoms with E-state index < -0.39 is 4.92 Å². The molecule has 0 aliphatic rings. The van der Waals surface area contributed by atoms with Gasteiger partial charge in [0, 0.05) is 6.07 Å². The number of pyridine rings is 1. The Labute approximate surface area is 195 Å². The van der Waals surface area contributed by atoms with Crippen molar-refractivity contribution in [3.8, 4) is 5.75 Å². The van der Waals surface area contributed by atoms with Crippen LogP contribution in [0.5, 0.6) is 5.75 Å². The standard InChI is InChI=1S/C20H16I2N4O3/c1-13-3-2-4-14(7-13)12-29-20-17(21)8-15(9-18(20)22)10-24-25-19-6-5-16(11-23-19)26(27)28/h2-11H,12H2,1H3,(H,23,25)/b24-10+. The highest BCUT2D eigenvalue weighted by Gasteiger charge is 2.09. The molecule has 0 bridgehead atoms. The fraction of sp³-hybridized carbons (Fsp3) is 0.100. The van der Waals surface area contributed by atoms with Crippen LogP contribution in [0.1, 0.15) is 16.7 Å². The number of benzene rings is 2. The maximum atomic E-state index is 10.6. The Balaban J connectivity index is 1.65. The zero-order valence-corrected chi connectivity index (χ0v) is 19.6. The molecule has 0 aliphatic heterocycles. The maximum Gasteiger partial charge on any atom is 0.287 e. The SMILES string of the molecule is Cc1cccc(COc2c(I)cc(/C=N/Nc3ccc([N+](=O)[O-])cn3)cc2I)c1. The number of ether oxygens (including phenoxy) is 1. The van der Waals surface area contributed by atoms with E-state index in [1.54, 1.807) is 6.21 Å². The molecule has 0 fully saturated rings. The van der Waals surface area contributed by atoms with E-state index in [-0.39, 0.29) is 5.69 Å². The van der Waals surface area contributed by atoms with Crippen LogP contribution in [0.2, 0.25) is 0 Å². The van der Waals surface area contributed by atoms with Crippen molar-refractivity contribution in [2.75, 3.05) is 5.43 Å². The average Bonchev–Trinajstić information content (AvgIpc) is 2.68. The van der Waals surface area contributed by atoms with Crippen molar-refractivity contribution in [1.82, 2.24) is 4.98 Å². The molecule has 1 aromatic heterocycles. The van der Waals surface area contributed by atoms with E-state index >= 15 is 0 Å². The molecule has 2 aromatic carbocycles. The molecule has 0 saturated carbocycles. The molecular weight excluding hydrogens is 598 g/mol. The van der Waals surface area contributed by atoms with Gasteiger partial charge in [0.25, 0.3) is 5.69 Å². The van der Waals surface area contributed by atoms with Gasteiger partial charge in [0.1, 0.15) is 24.4 Å². The maximum absolute atomic E-state index is 10.6. The zero-order chi connectivity index (χ0) is 20.8. The molecule has 0 unspecified atom stereocenters. The van der Waals surface area contributed by atoms with Crippen LogP contribution < -0.4 is 10.2 Å². The average molecular weight is 614 g/mol. The predicted molar refractivity (Wildman–Crippen MR) is 129 cm³/mol. The summed E-state index contributed by atoms with van der Waals surface area (Å²) in [6.45, 7) is 2.57. The topological polar surface area (TPSA) is 89.6 Å². The number of hydrogen-bond donors (Lipinski definition) is 1. The highest BCUT2D eigenvalue weighted by Crippen LogP contribution is 2.29. The van der Waals surface area contributed by atoms with Crippen LogP contribution in [-0.2, 0) is 6.61 Å².